The number of hydrogen-bond acceptors (Lipinski definition) is 4. The largest absolute Gasteiger partial charge is 0.496 e. The number of aromatic amines is 1. The van der Waals surface area contributed by atoms with Crippen LogP contribution in [0, 0.1) is 15.9 Å². The Labute approximate surface area is 130 Å². The lowest BCUT2D eigenvalue weighted by atomic mass is 10.1. The Bertz CT molecular complexity index is 859. The number of nitro groups is 1. The lowest BCUT2D eigenvalue weighted by Gasteiger charge is -2.05. The van der Waals surface area contributed by atoms with Crippen LogP contribution in [0.4, 0.5) is 10.1 Å². The van der Waals surface area contributed by atoms with Gasteiger partial charge in [-0.3, -0.25) is 10.1 Å². The fourth-order valence-electron chi connectivity index (χ4n) is 2.22. The SMILES string of the molecule is COc1ccc([N+](=O)[O-])cc1-c1nc(-c2ccc(F)cc2)c[nH]1. The monoisotopic (exact) mass is 313 g/mol. The zero-order valence-corrected chi connectivity index (χ0v) is 12.1. The zero-order valence-electron chi connectivity index (χ0n) is 12.1. The minimum absolute atomic E-state index is 0.0551. The van der Waals surface area contributed by atoms with E-state index in [0.29, 0.717) is 22.8 Å². The molecule has 1 aromatic heterocycles. The van der Waals surface area contributed by atoms with Gasteiger partial charge in [-0.25, -0.2) is 9.37 Å². The molecule has 7 heteroatoms. The molecule has 0 aliphatic carbocycles. The summed E-state index contributed by atoms with van der Waals surface area (Å²) in [6.07, 6.45) is 1.65. The highest BCUT2D eigenvalue weighted by Crippen LogP contribution is 2.32. The molecule has 0 aliphatic heterocycles. The Morgan fingerprint density at radius 1 is 1.22 bits per heavy atom. The molecule has 0 amide bonds. The molecule has 1 heterocycles. The van der Waals surface area contributed by atoms with Gasteiger partial charge < -0.3 is 9.72 Å². The standard InChI is InChI=1S/C16H12FN3O3/c1-23-15-7-6-12(20(21)22)8-13(15)16-18-9-14(19-16)10-2-4-11(17)5-3-10/h2-9H,1H3,(H,18,19). The van der Waals surface area contributed by atoms with Crippen molar-refractivity contribution in [1.29, 1.82) is 0 Å². The summed E-state index contributed by atoms with van der Waals surface area (Å²) in [4.78, 5) is 17.8. The number of imidazole rings is 1. The maximum Gasteiger partial charge on any atom is 0.270 e. The Balaban J connectivity index is 2.04. The zero-order chi connectivity index (χ0) is 16.4. The number of benzene rings is 2. The van der Waals surface area contributed by atoms with Crippen molar-refractivity contribution in [1.82, 2.24) is 9.97 Å². The van der Waals surface area contributed by atoms with E-state index in [1.165, 1.54) is 37.4 Å². The number of hydrogen-bond donors (Lipinski definition) is 1. The van der Waals surface area contributed by atoms with Crippen LogP contribution in [-0.2, 0) is 0 Å². The number of aromatic nitrogens is 2. The van der Waals surface area contributed by atoms with Gasteiger partial charge in [-0.15, -0.1) is 0 Å². The second-order valence-electron chi connectivity index (χ2n) is 4.78. The quantitative estimate of drug-likeness (QED) is 0.587. The average Bonchev–Trinajstić information content (AvgIpc) is 3.04. The van der Waals surface area contributed by atoms with E-state index >= 15 is 0 Å². The molecule has 116 valence electrons. The van der Waals surface area contributed by atoms with Crippen molar-refractivity contribution in [3.63, 3.8) is 0 Å². The number of H-pyrrole nitrogens is 1. The van der Waals surface area contributed by atoms with E-state index in [0.717, 1.165) is 5.56 Å². The number of nitrogens with zero attached hydrogens (tertiary/aromatic N) is 2. The van der Waals surface area contributed by atoms with Crippen LogP contribution in [0.15, 0.2) is 48.7 Å². The lowest BCUT2D eigenvalue weighted by molar-refractivity contribution is -0.384. The maximum absolute atomic E-state index is 13.0. The Morgan fingerprint density at radius 2 is 1.96 bits per heavy atom. The van der Waals surface area contributed by atoms with E-state index in [2.05, 4.69) is 9.97 Å². The van der Waals surface area contributed by atoms with Crippen molar-refractivity contribution >= 4 is 5.69 Å². The Morgan fingerprint density at radius 3 is 2.61 bits per heavy atom. The predicted molar refractivity (Wildman–Crippen MR) is 82.6 cm³/mol. The van der Waals surface area contributed by atoms with E-state index in [1.807, 2.05) is 0 Å². The summed E-state index contributed by atoms with van der Waals surface area (Å²) < 4.78 is 18.2. The topological polar surface area (TPSA) is 81.1 Å². The van der Waals surface area contributed by atoms with Crippen LogP contribution >= 0.6 is 0 Å². The second-order valence-corrected chi connectivity index (χ2v) is 4.78. The molecule has 0 bridgehead atoms. The first-order valence-electron chi connectivity index (χ1n) is 6.72. The van der Waals surface area contributed by atoms with Crippen LogP contribution in [0.1, 0.15) is 0 Å². The van der Waals surface area contributed by atoms with E-state index in [4.69, 9.17) is 4.74 Å². The van der Waals surface area contributed by atoms with Gasteiger partial charge in [0, 0.05) is 23.9 Å². The van der Waals surface area contributed by atoms with Crippen LogP contribution in [-0.4, -0.2) is 22.0 Å². The molecule has 0 radical (unpaired) electrons. The molecule has 0 atom stereocenters. The van der Waals surface area contributed by atoms with Crippen LogP contribution in [0.25, 0.3) is 22.6 Å². The third-order valence-corrected chi connectivity index (χ3v) is 3.37. The summed E-state index contributed by atoms with van der Waals surface area (Å²) in [6, 6.07) is 10.2. The molecule has 0 fully saturated rings. The normalized spacial score (nSPS) is 10.5. The van der Waals surface area contributed by atoms with E-state index < -0.39 is 4.92 Å². The summed E-state index contributed by atoms with van der Waals surface area (Å²) >= 11 is 0. The molecular formula is C16H12FN3O3. The van der Waals surface area contributed by atoms with Crippen molar-refractivity contribution in [2.45, 2.75) is 0 Å². The van der Waals surface area contributed by atoms with Gasteiger partial charge in [0.1, 0.15) is 17.4 Å². The predicted octanol–water partition coefficient (Wildman–Crippen LogP) is 3.80. The highest BCUT2D eigenvalue weighted by molar-refractivity contribution is 5.70. The first-order chi connectivity index (χ1) is 11.1. The average molecular weight is 313 g/mol. The number of ether oxygens (including phenoxy) is 1. The van der Waals surface area contributed by atoms with Crippen LogP contribution in [0.5, 0.6) is 5.75 Å². The molecule has 0 saturated heterocycles. The fourth-order valence-corrected chi connectivity index (χ4v) is 2.22. The lowest BCUT2D eigenvalue weighted by Crippen LogP contribution is -1.93. The van der Waals surface area contributed by atoms with Crippen molar-refractivity contribution in [2.24, 2.45) is 0 Å². The van der Waals surface area contributed by atoms with Crippen molar-refractivity contribution in [3.05, 3.63) is 64.6 Å². The van der Waals surface area contributed by atoms with E-state index in [1.54, 1.807) is 18.3 Å². The molecule has 0 spiro atoms. The second kappa shape index (κ2) is 5.88. The van der Waals surface area contributed by atoms with Gasteiger partial charge in [-0.05, 0) is 30.3 Å². The third-order valence-electron chi connectivity index (χ3n) is 3.37. The van der Waals surface area contributed by atoms with Crippen molar-refractivity contribution in [3.8, 4) is 28.4 Å². The first kappa shape index (κ1) is 14.7. The van der Waals surface area contributed by atoms with Gasteiger partial charge in [0.25, 0.3) is 5.69 Å². The van der Waals surface area contributed by atoms with Crippen molar-refractivity contribution < 1.29 is 14.1 Å². The molecule has 23 heavy (non-hydrogen) atoms. The van der Waals surface area contributed by atoms with E-state index in [9.17, 15) is 14.5 Å². The number of nitro benzene ring substituents is 1. The molecule has 0 saturated carbocycles. The molecule has 6 nitrogen and oxygen atoms in total. The summed E-state index contributed by atoms with van der Waals surface area (Å²) in [5.74, 6) is 0.574. The van der Waals surface area contributed by atoms with Crippen molar-refractivity contribution in [2.75, 3.05) is 7.11 Å². The van der Waals surface area contributed by atoms with Gasteiger partial charge in [0.15, 0.2) is 0 Å². The Hall–Kier alpha value is -3.22. The Kier molecular flexibility index (Phi) is 3.76. The number of halogens is 1. The van der Waals surface area contributed by atoms with E-state index in [-0.39, 0.29) is 11.5 Å². The molecule has 3 aromatic rings. The van der Waals surface area contributed by atoms with Gasteiger partial charge >= 0.3 is 0 Å². The molecule has 0 aliphatic rings. The van der Waals surface area contributed by atoms with Crippen LogP contribution in [0.2, 0.25) is 0 Å². The number of nitrogens with one attached hydrogen (secondary N) is 1. The minimum Gasteiger partial charge on any atom is -0.496 e. The highest BCUT2D eigenvalue weighted by atomic mass is 19.1. The number of non-ortho nitro benzene ring substituents is 1. The third kappa shape index (κ3) is 2.89. The maximum atomic E-state index is 13.0. The summed E-state index contributed by atoms with van der Waals surface area (Å²) in [5.41, 5.74) is 1.77. The molecule has 3 rings (SSSR count). The van der Waals surface area contributed by atoms with Crippen LogP contribution in [0.3, 0.4) is 0 Å². The summed E-state index contributed by atoms with van der Waals surface area (Å²) in [7, 11) is 1.48. The van der Waals surface area contributed by atoms with Gasteiger partial charge in [0.05, 0.1) is 23.3 Å². The first-order valence-corrected chi connectivity index (χ1v) is 6.72. The molecule has 1 N–H and O–H groups in total. The van der Waals surface area contributed by atoms with Gasteiger partial charge in [-0.2, -0.15) is 0 Å². The number of methoxy groups -OCH3 is 1. The fraction of sp³-hybridized carbons (Fsp3) is 0.0625. The molecule has 2 aromatic carbocycles. The molecular weight excluding hydrogens is 301 g/mol. The van der Waals surface area contributed by atoms with Crippen LogP contribution < -0.4 is 4.74 Å². The van der Waals surface area contributed by atoms with Gasteiger partial charge in [0.2, 0.25) is 0 Å². The highest BCUT2D eigenvalue weighted by Gasteiger charge is 2.16. The molecule has 0 unspecified atom stereocenters. The minimum atomic E-state index is -0.479. The summed E-state index contributed by atoms with van der Waals surface area (Å²) in [5, 5.41) is 10.9. The summed E-state index contributed by atoms with van der Waals surface area (Å²) in [6.45, 7) is 0. The van der Waals surface area contributed by atoms with Gasteiger partial charge in [-0.1, -0.05) is 0 Å². The number of rotatable bonds is 4. The smallest absolute Gasteiger partial charge is 0.270 e.